The van der Waals surface area contributed by atoms with Gasteiger partial charge in [-0.25, -0.2) is 0 Å². The first kappa shape index (κ1) is 21.8. The van der Waals surface area contributed by atoms with Crippen LogP contribution in [0.2, 0.25) is 0 Å². The number of esters is 1. The number of benzene rings is 3. The maximum Gasteiger partial charge on any atom is 0.308 e. The summed E-state index contributed by atoms with van der Waals surface area (Å²) in [6.45, 7) is 3.90. The van der Waals surface area contributed by atoms with E-state index >= 15 is 0 Å². The number of methoxy groups -OCH3 is 1. The summed E-state index contributed by atoms with van der Waals surface area (Å²) in [4.78, 5) is 14.0. The van der Waals surface area contributed by atoms with Crippen molar-refractivity contribution in [3.8, 4) is 11.5 Å². The van der Waals surface area contributed by atoms with Crippen LogP contribution in [0.15, 0.2) is 78.9 Å². The SMILES string of the molecule is COC(=O)C(C)Cc1ccc(OCC2CN(Cc3ccccc3)c3ccccc3O2)cc1. The second-order valence-corrected chi connectivity index (χ2v) is 8.16. The zero-order valence-corrected chi connectivity index (χ0v) is 18.6. The predicted molar refractivity (Wildman–Crippen MR) is 125 cm³/mol. The standard InChI is InChI=1S/C27H29NO4/c1-20(27(29)30-2)16-21-12-14-23(15-13-21)31-19-24-18-28(17-22-8-4-3-5-9-22)25-10-6-7-11-26(25)32-24/h3-15,20,24H,16-19H2,1-2H3. The van der Waals surface area contributed by atoms with Crippen LogP contribution >= 0.6 is 0 Å². The summed E-state index contributed by atoms with van der Waals surface area (Å²) >= 11 is 0. The molecule has 0 aliphatic carbocycles. The van der Waals surface area contributed by atoms with Gasteiger partial charge < -0.3 is 19.1 Å². The van der Waals surface area contributed by atoms with Crippen LogP contribution in [0.4, 0.5) is 5.69 Å². The van der Waals surface area contributed by atoms with Gasteiger partial charge in [0.2, 0.25) is 0 Å². The summed E-state index contributed by atoms with van der Waals surface area (Å²) in [5, 5.41) is 0. The second-order valence-electron chi connectivity index (χ2n) is 8.16. The molecule has 3 aromatic rings. The number of carbonyl (C=O) groups excluding carboxylic acids is 1. The highest BCUT2D eigenvalue weighted by molar-refractivity contribution is 5.72. The van der Waals surface area contributed by atoms with E-state index < -0.39 is 0 Å². The van der Waals surface area contributed by atoms with Crippen LogP contribution in [0.3, 0.4) is 0 Å². The fraction of sp³-hybridized carbons (Fsp3) is 0.296. The van der Waals surface area contributed by atoms with Crippen molar-refractivity contribution in [2.45, 2.75) is 26.0 Å². The number of para-hydroxylation sites is 2. The zero-order chi connectivity index (χ0) is 22.3. The summed E-state index contributed by atoms with van der Waals surface area (Å²) in [5.41, 5.74) is 3.45. The van der Waals surface area contributed by atoms with Gasteiger partial charge in [-0.2, -0.15) is 0 Å². The summed E-state index contributed by atoms with van der Waals surface area (Å²) in [6.07, 6.45) is 0.567. The highest BCUT2D eigenvalue weighted by atomic mass is 16.5. The molecule has 0 aromatic heterocycles. The van der Waals surface area contributed by atoms with Crippen molar-refractivity contribution >= 4 is 11.7 Å². The molecule has 32 heavy (non-hydrogen) atoms. The van der Waals surface area contributed by atoms with E-state index in [2.05, 4.69) is 35.2 Å². The number of hydrogen-bond acceptors (Lipinski definition) is 5. The topological polar surface area (TPSA) is 48.0 Å². The first-order valence-corrected chi connectivity index (χ1v) is 11.0. The molecule has 2 unspecified atom stereocenters. The van der Waals surface area contributed by atoms with Gasteiger partial charge in [0.25, 0.3) is 0 Å². The number of fused-ring (bicyclic) bond motifs is 1. The average Bonchev–Trinajstić information content (AvgIpc) is 2.83. The molecule has 0 radical (unpaired) electrons. The van der Waals surface area contributed by atoms with Crippen molar-refractivity contribution in [3.63, 3.8) is 0 Å². The maximum atomic E-state index is 11.6. The molecule has 4 rings (SSSR count). The number of hydrogen-bond donors (Lipinski definition) is 0. The van der Waals surface area contributed by atoms with Gasteiger partial charge in [0.1, 0.15) is 18.1 Å². The third-order valence-corrected chi connectivity index (χ3v) is 5.64. The molecular weight excluding hydrogens is 402 g/mol. The third-order valence-electron chi connectivity index (χ3n) is 5.64. The van der Waals surface area contributed by atoms with E-state index in [4.69, 9.17) is 14.2 Å². The van der Waals surface area contributed by atoms with Gasteiger partial charge in [-0.1, -0.05) is 61.5 Å². The van der Waals surface area contributed by atoms with E-state index in [1.54, 1.807) is 0 Å². The van der Waals surface area contributed by atoms with Gasteiger partial charge >= 0.3 is 5.97 Å². The molecule has 0 N–H and O–H groups in total. The largest absolute Gasteiger partial charge is 0.490 e. The van der Waals surface area contributed by atoms with E-state index in [0.717, 1.165) is 35.8 Å². The molecule has 0 saturated carbocycles. The molecule has 0 spiro atoms. The number of carbonyl (C=O) groups is 1. The first-order valence-electron chi connectivity index (χ1n) is 11.0. The average molecular weight is 432 g/mol. The number of ether oxygens (including phenoxy) is 3. The lowest BCUT2D eigenvalue weighted by molar-refractivity contribution is -0.144. The fourth-order valence-corrected chi connectivity index (χ4v) is 3.97. The Kier molecular flexibility index (Phi) is 6.95. The summed E-state index contributed by atoms with van der Waals surface area (Å²) in [6, 6.07) is 26.5. The molecule has 0 saturated heterocycles. The smallest absolute Gasteiger partial charge is 0.308 e. The van der Waals surface area contributed by atoms with Crippen molar-refractivity contribution in [2.24, 2.45) is 5.92 Å². The fourth-order valence-electron chi connectivity index (χ4n) is 3.97. The van der Waals surface area contributed by atoms with Crippen molar-refractivity contribution in [1.82, 2.24) is 0 Å². The summed E-state index contributed by atoms with van der Waals surface area (Å²) in [5.74, 6) is 1.31. The van der Waals surface area contributed by atoms with E-state index in [1.807, 2.05) is 55.5 Å². The van der Waals surface area contributed by atoms with E-state index in [1.165, 1.54) is 12.7 Å². The van der Waals surface area contributed by atoms with Crippen LogP contribution < -0.4 is 14.4 Å². The molecule has 2 atom stereocenters. The Morgan fingerprint density at radius 3 is 2.47 bits per heavy atom. The molecule has 1 aliphatic heterocycles. The highest BCUT2D eigenvalue weighted by Gasteiger charge is 2.26. The Labute approximate surface area is 189 Å². The van der Waals surface area contributed by atoms with Crippen LogP contribution in [0.5, 0.6) is 11.5 Å². The predicted octanol–water partition coefficient (Wildman–Crippen LogP) is 4.88. The molecule has 0 bridgehead atoms. The van der Waals surface area contributed by atoms with Crippen LogP contribution in [-0.2, 0) is 22.5 Å². The monoisotopic (exact) mass is 431 g/mol. The Balaban J connectivity index is 1.37. The lowest BCUT2D eigenvalue weighted by atomic mass is 10.0. The minimum Gasteiger partial charge on any atom is -0.490 e. The van der Waals surface area contributed by atoms with Crippen molar-refractivity contribution in [3.05, 3.63) is 90.0 Å². The molecule has 0 amide bonds. The Hall–Kier alpha value is -3.47. The van der Waals surface area contributed by atoms with Crippen LogP contribution in [0, 0.1) is 5.92 Å². The second kappa shape index (κ2) is 10.2. The van der Waals surface area contributed by atoms with Crippen molar-refractivity contribution in [1.29, 1.82) is 0 Å². The molecule has 166 valence electrons. The van der Waals surface area contributed by atoms with Gasteiger partial charge in [0.05, 0.1) is 25.3 Å². The normalized spacial score (nSPS) is 15.9. The lowest BCUT2D eigenvalue weighted by Gasteiger charge is -2.36. The van der Waals surface area contributed by atoms with E-state index in [0.29, 0.717) is 13.0 Å². The lowest BCUT2D eigenvalue weighted by Crippen LogP contribution is -2.42. The number of nitrogens with zero attached hydrogens (tertiary/aromatic N) is 1. The minimum atomic E-state index is -0.194. The van der Waals surface area contributed by atoms with Gasteiger partial charge in [-0.15, -0.1) is 0 Å². The Morgan fingerprint density at radius 2 is 1.72 bits per heavy atom. The van der Waals surface area contributed by atoms with Crippen LogP contribution in [0.25, 0.3) is 0 Å². The quantitative estimate of drug-likeness (QED) is 0.476. The van der Waals surface area contributed by atoms with Crippen LogP contribution in [-0.4, -0.2) is 32.3 Å². The van der Waals surface area contributed by atoms with Crippen molar-refractivity contribution < 1.29 is 19.0 Å². The molecule has 1 heterocycles. The number of anilines is 1. The summed E-state index contributed by atoms with van der Waals surface area (Å²) in [7, 11) is 1.42. The first-order chi connectivity index (χ1) is 15.6. The van der Waals surface area contributed by atoms with Crippen LogP contribution in [0.1, 0.15) is 18.1 Å². The molecule has 0 fully saturated rings. The Morgan fingerprint density at radius 1 is 1.00 bits per heavy atom. The number of rotatable bonds is 8. The molecule has 5 heteroatoms. The van der Waals surface area contributed by atoms with E-state index in [9.17, 15) is 4.79 Å². The molecule has 5 nitrogen and oxygen atoms in total. The minimum absolute atomic E-state index is 0.0763. The van der Waals surface area contributed by atoms with Gasteiger partial charge in [-0.3, -0.25) is 4.79 Å². The van der Waals surface area contributed by atoms with Gasteiger partial charge in [0.15, 0.2) is 6.10 Å². The van der Waals surface area contributed by atoms with Gasteiger partial charge in [-0.05, 0) is 41.8 Å². The maximum absolute atomic E-state index is 11.6. The third kappa shape index (κ3) is 5.41. The summed E-state index contributed by atoms with van der Waals surface area (Å²) < 4.78 is 17.1. The van der Waals surface area contributed by atoms with Crippen molar-refractivity contribution in [2.75, 3.05) is 25.2 Å². The molecule has 1 aliphatic rings. The van der Waals surface area contributed by atoms with E-state index in [-0.39, 0.29) is 18.0 Å². The molecule has 3 aromatic carbocycles. The molecular formula is C27H29NO4. The highest BCUT2D eigenvalue weighted by Crippen LogP contribution is 2.34. The Bertz CT molecular complexity index is 1020. The van der Waals surface area contributed by atoms with Gasteiger partial charge in [0, 0.05) is 6.54 Å². The zero-order valence-electron chi connectivity index (χ0n) is 18.6.